The van der Waals surface area contributed by atoms with Crippen LogP contribution >= 0.6 is 0 Å². The topological polar surface area (TPSA) is 175 Å². The minimum Gasteiger partial charge on any atom is -0.453 e. The van der Waals surface area contributed by atoms with Gasteiger partial charge in [-0.2, -0.15) is 0 Å². The zero-order chi connectivity index (χ0) is 38.6. The van der Waals surface area contributed by atoms with Crippen molar-refractivity contribution in [2.24, 2.45) is 11.8 Å². The number of carbonyl (C=O) groups is 3. The third kappa shape index (κ3) is 9.37. The molecule has 4 aromatic rings. The highest BCUT2D eigenvalue weighted by atomic mass is 16.5. The number of nitrogens with zero attached hydrogens (tertiary/aromatic N) is 3. The number of aliphatic hydroxyl groups excluding tert-OH is 1. The van der Waals surface area contributed by atoms with Crippen molar-refractivity contribution in [3.8, 4) is 33.6 Å². The lowest BCUT2D eigenvalue weighted by Crippen LogP contribution is -2.54. The summed E-state index contributed by atoms with van der Waals surface area (Å²) in [6, 6.07) is 16.0. The molecule has 290 valence electrons. The molecule has 0 spiro atoms. The van der Waals surface area contributed by atoms with Gasteiger partial charge in [0.2, 0.25) is 12.3 Å². The van der Waals surface area contributed by atoms with Crippen molar-refractivity contribution >= 4 is 18.4 Å². The number of fused-ring (bicyclic) bond motifs is 2. The van der Waals surface area contributed by atoms with Crippen LogP contribution in [0.1, 0.15) is 82.9 Å². The fourth-order valence-electron chi connectivity index (χ4n) is 7.91. The summed E-state index contributed by atoms with van der Waals surface area (Å²) in [5.74, 6) is 3.98. The first-order chi connectivity index (χ1) is 26.3. The number of aromatic amines is 2. The summed E-state index contributed by atoms with van der Waals surface area (Å²) in [5, 5.41) is 12.9. The quantitative estimate of drug-likeness (QED) is 0.0842. The van der Waals surface area contributed by atoms with E-state index in [-0.39, 0.29) is 18.6 Å². The Bertz CT molecular complexity index is 1790. The van der Waals surface area contributed by atoms with Gasteiger partial charge in [-0.15, -0.1) is 0 Å². The van der Waals surface area contributed by atoms with Gasteiger partial charge in [0.1, 0.15) is 17.7 Å². The average Bonchev–Trinajstić information content (AvgIpc) is 4.08. The molecule has 2 saturated carbocycles. The van der Waals surface area contributed by atoms with Gasteiger partial charge in [-0.05, 0) is 73.1 Å². The van der Waals surface area contributed by atoms with Crippen LogP contribution in [-0.4, -0.2) is 94.4 Å². The van der Waals surface area contributed by atoms with Crippen molar-refractivity contribution in [1.29, 1.82) is 0 Å². The van der Waals surface area contributed by atoms with Crippen LogP contribution in [-0.2, 0) is 19.1 Å². The number of rotatable bonds is 12. The molecule has 2 bridgehead atoms. The Balaban J connectivity index is 0.000000640. The number of aliphatic hydroxyl groups is 1. The van der Waals surface area contributed by atoms with Gasteiger partial charge in [-0.3, -0.25) is 9.59 Å². The predicted molar refractivity (Wildman–Crippen MR) is 207 cm³/mol. The zero-order valence-corrected chi connectivity index (χ0v) is 32.0. The highest BCUT2D eigenvalue weighted by Gasteiger charge is 2.41. The van der Waals surface area contributed by atoms with Gasteiger partial charge in [0, 0.05) is 26.1 Å². The fourth-order valence-corrected chi connectivity index (χ4v) is 7.91. The molecule has 5 N–H and O–H groups in total. The molecule has 7 rings (SSSR count). The molecule has 3 heterocycles. The Hall–Kier alpha value is -5.01. The van der Waals surface area contributed by atoms with Gasteiger partial charge >= 0.3 is 6.09 Å². The molecule has 0 radical (unpaired) electrons. The van der Waals surface area contributed by atoms with Gasteiger partial charge in [0.15, 0.2) is 0 Å². The smallest absolute Gasteiger partial charge is 0.407 e. The highest BCUT2D eigenvalue weighted by molar-refractivity contribution is 5.87. The molecule has 3 fully saturated rings. The maximum absolute atomic E-state index is 13.5. The molecular weight excluding hydrogens is 686 g/mol. The van der Waals surface area contributed by atoms with Crippen molar-refractivity contribution in [2.45, 2.75) is 83.4 Å². The van der Waals surface area contributed by atoms with Crippen LogP contribution in [0.15, 0.2) is 60.9 Å². The van der Waals surface area contributed by atoms with Crippen LogP contribution < -0.4 is 10.6 Å². The molecule has 54 heavy (non-hydrogen) atoms. The van der Waals surface area contributed by atoms with Crippen LogP contribution in [0.5, 0.6) is 0 Å². The van der Waals surface area contributed by atoms with Gasteiger partial charge in [-0.1, -0.05) is 68.8 Å². The lowest BCUT2D eigenvalue weighted by Gasteiger charge is -2.30. The third-order valence-electron chi connectivity index (χ3n) is 10.8. The summed E-state index contributed by atoms with van der Waals surface area (Å²) in [5.41, 5.74) is 6.41. The standard InChI is InChI=1S/C36H42N6O4.C3H7NO2.C2H6/c1-21(45-2)32(41-36(44)46-3)35(43)42-16-4-5-31(42)34-38-20-30(40-34)26-14-10-24(11-15-26)23-8-12-25(13-9-23)29-19-37-33(39-29)28-18-22-6-7-27(28)17-22;5-2-1-4-3-6;1-2/h8-15,19-22,27-28,31-32H,4-7,16-18H2,1-3H3,(H,37,39)(H,38,40)(H,41,44);3,5H,1-2H2,(H,4,6);1-2H3. The number of hydrogen-bond acceptors (Lipinski definition) is 8. The summed E-state index contributed by atoms with van der Waals surface area (Å²) in [6.45, 7) is 6.69. The minimum absolute atomic E-state index is 0.0126. The molecule has 1 aliphatic heterocycles. The van der Waals surface area contributed by atoms with Crippen LogP contribution in [0.3, 0.4) is 0 Å². The molecule has 3 amide bonds. The van der Waals surface area contributed by atoms with Crippen molar-refractivity contribution in [1.82, 2.24) is 35.5 Å². The SMILES string of the molecule is CC.COC(=O)NC(C(=O)N1CCCC1c1ncc(-c2ccc(-c3ccc(-c4cnc(C5CC6CCC5C6)[nH]4)cc3)cc2)[nH]1)C(C)OC.O=CNCCO. The molecule has 6 atom stereocenters. The Morgan fingerprint density at radius 1 is 0.907 bits per heavy atom. The molecule has 2 aliphatic carbocycles. The normalized spacial score (nSPS) is 20.9. The number of carbonyl (C=O) groups excluding carboxylic acids is 3. The second-order valence-electron chi connectivity index (χ2n) is 13.8. The number of aromatic nitrogens is 4. The van der Waals surface area contributed by atoms with Crippen LogP contribution in [0.2, 0.25) is 0 Å². The number of methoxy groups -OCH3 is 2. The van der Waals surface area contributed by atoms with E-state index in [9.17, 15) is 14.4 Å². The number of amides is 3. The lowest BCUT2D eigenvalue weighted by molar-refractivity contribution is -0.137. The van der Waals surface area contributed by atoms with E-state index >= 15 is 0 Å². The van der Waals surface area contributed by atoms with E-state index in [1.54, 1.807) is 11.8 Å². The lowest BCUT2D eigenvalue weighted by atomic mass is 9.88. The number of imidazole rings is 2. The van der Waals surface area contributed by atoms with Crippen LogP contribution in [0, 0.1) is 11.8 Å². The first-order valence-electron chi connectivity index (χ1n) is 19.1. The van der Waals surface area contributed by atoms with E-state index < -0.39 is 18.2 Å². The van der Waals surface area contributed by atoms with E-state index in [0.29, 0.717) is 25.4 Å². The Morgan fingerprint density at radius 2 is 1.50 bits per heavy atom. The van der Waals surface area contributed by atoms with Crippen LogP contribution in [0.25, 0.3) is 33.6 Å². The van der Waals surface area contributed by atoms with E-state index in [0.717, 1.165) is 70.0 Å². The van der Waals surface area contributed by atoms with Crippen molar-refractivity contribution in [2.75, 3.05) is 33.9 Å². The van der Waals surface area contributed by atoms with Crippen molar-refractivity contribution in [3.63, 3.8) is 0 Å². The van der Waals surface area contributed by atoms with Gasteiger partial charge in [0.25, 0.3) is 0 Å². The molecule has 2 aromatic heterocycles. The minimum atomic E-state index is -0.863. The number of hydrogen-bond donors (Lipinski definition) is 5. The molecule has 2 aromatic carbocycles. The predicted octanol–water partition coefficient (Wildman–Crippen LogP) is 6.21. The first kappa shape index (κ1) is 40.2. The maximum atomic E-state index is 13.5. The summed E-state index contributed by atoms with van der Waals surface area (Å²) < 4.78 is 10.1. The average molecular weight is 742 g/mol. The molecule has 3 aliphatic rings. The molecular formula is C41H55N7O6. The largest absolute Gasteiger partial charge is 0.453 e. The van der Waals surface area contributed by atoms with E-state index in [1.165, 1.54) is 39.9 Å². The molecule has 13 nitrogen and oxygen atoms in total. The number of H-pyrrole nitrogens is 2. The second kappa shape index (κ2) is 19.4. The van der Waals surface area contributed by atoms with Gasteiger partial charge in [-0.25, -0.2) is 14.8 Å². The third-order valence-corrected chi connectivity index (χ3v) is 10.8. The summed E-state index contributed by atoms with van der Waals surface area (Å²) >= 11 is 0. The Morgan fingerprint density at radius 3 is 2.00 bits per heavy atom. The number of alkyl carbamates (subject to hydrolysis) is 1. The Labute approximate surface area is 317 Å². The Kier molecular flexibility index (Phi) is 14.4. The van der Waals surface area contributed by atoms with Crippen LogP contribution in [0.4, 0.5) is 4.79 Å². The highest BCUT2D eigenvalue weighted by Crippen LogP contribution is 2.52. The summed E-state index contributed by atoms with van der Waals surface area (Å²) in [4.78, 5) is 53.1. The monoisotopic (exact) mass is 741 g/mol. The summed E-state index contributed by atoms with van der Waals surface area (Å²) in [6.07, 6.45) is 10.2. The van der Waals surface area contributed by atoms with Crippen molar-refractivity contribution in [3.05, 3.63) is 72.6 Å². The first-order valence-corrected chi connectivity index (χ1v) is 19.1. The van der Waals surface area contributed by atoms with E-state index in [1.807, 2.05) is 26.2 Å². The van der Waals surface area contributed by atoms with Crippen molar-refractivity contribution < 1.29 is 29.0 Å². The molecule has 1 saturated heterocycles. The van der Waals surface area contributed by atoms with Gasteiger partial charge in [0.05, 0.1) is 49.6 Å². The number of ether oxygens (including phenoxy) is 2. The van der Waals surface area contributed by atoms with E-state index in [4.69, 9.17) is 19.6 Å². The second-order valence-corrected chi connectivity index (χ2v) is 13.8. The number of benzene rings is 2. The number of likely N-dealkylation sites (tertiary alicyclic amines) is 1. The fraction of sp³-hybridized carbons (Fsp3) is 0.488. The van der Waals surface area contributed by atoms with Gasteiger partial charge < -0.3 is 40.1 Å². The maximum Gasteiger partial charge on any atom is 0.407 e. The van der Waals surface area contributed by atoms with E-state index in [2.05, 4.69) is 74.1 Å². The number of nitrogens with one attached hydrogen (secondary N) is 4. The molecule has 6 unspecified atom stereocenters. The summed E-state index contributed by atoms with van der Waals surface area (Å²) in [7, 11) is 2.79. The zero-order valence-electron chi connectivity index (χ0n) is 32.0. The molecule has 13 heteroatoms.